The first-order valence-corrected chi connectivity index (χ1v) is 4.86. The van der Waals surface area contributed by atoms with Crippen LogP contribution >= 0.6 is 34.2 Å². The van der Waals surface area contributed by atoms with E-state index in [1.807, 2.05) is 0 Å². The van der Waals surface area contributed by atoms with Crippen molar-refractivity contribution in [2.45, 2.75) is 12.3 Å². The van der Waals surface area contributed by atoms with Crippen LogP contribution in [0.4, 0.5) is 13.2 Å². The molecule has 1 rings (SSSR count). The highest BCUT2D eigenvalue weighted by Crippen LogP contribution is 2.25. The Balaban J connectivity index is 3.27. The molecule has 0 spiro atoms. The van der Waals surface area contributed by atoms with Gasteiger partial charge in [-0.2, -0.15) is 0 Å². The summed E-state index contributed by atoms with van der Waals surface area (Å²) >= 11 is 7.19. The van der Waals surface area contributed by atoms with Gasteiger partial charge in [-0.15, -0.1) is 11.6 Å². The molecule has 0 radical (unpaired) electrons. The molecule has 0 saturated heterocycles. The average Bonchev–Trinajstić information content (AvgIpc) is 2.04. The van der Waals surface area contributed by atoms with Crippen LogP contribution in [0.25, 0.3) is 0 Å². The van der Waals surface area contributed by atoms with E-state index < -0.39 is 17.9 Å². The van der Waals surface area contributed by atoms with E-state index in [1.54, 1.807) is 22.6 Å². The Hall–Kier alpha value is -0.0400. The van der Waals surface area contributed by atoms with Crippen molar-refractivity contribution >= 4 is 34.2 Å². The lowest BCUT2D eigenvalue weighted by Crippen LogP contribution is -2.01. The Morgan fingerprint density at radius 2 is 2.15 bits per heavy atom. The molecule has 0 saturated carbocycles. The first-order chi connectivity index (χ1) is 6.07. The molecular formula is C7H4ClF3IN. The summed E-state index contributed by atoms with van der Waals surface area (Å²) < 4.78 is 37.9. The van der Waals surface area contributed by atoms with E-state index in [0.29, 0.717) is 3.57 Å². The fraction of sp³-hybridized carbons (Fsp3) is 0.286. The third-order valence-corrected chi connectivity index (χ3v) is 2.63. The van der Waals surface area contributed by atoms with Crippen LogP contribution in [0.15, 0.2) is 6.20 Å². The molecule has 0 atom stereocenters. The van der Waals surface area contributed by atoms with Gasteiger partial charge < -0.3 is 0 Å². The van der Waals surface area contributed by atoms with Crippen LogP contribution in [0.2, 0.25) is 0 Å². The SMILES string of the molecule is Fc1c(C(F)F)ncc(I)c1CCl. The number of alkyl halides is 3. The van der Waals surface area contributed by atoms with Crippen molar-refractivity contribution in [1.82, 2.24) is 4.98 Å². The fourth-order valence-corrected chi connectivity index (χ4v) is 1.85. The van der Waals surface area contributed by atoms with Gasteiger partial charge in [0.2, 0.25) is 0 Å². The summed E-state index contributed by atoms with van der Waals surface area (Å²) in [4.78, 5) is 3.29. The van der Waals surface area contributed by atoms with Gasteiger partial charge >= 0.3 is 0 Å². The summed E-state index contributed by atoms with van der Waals surface area (Å²) in [5.74, 6) is -1.14. The lowest BCUT2D eigenvalue weighted by Gasteiger charge is -2.06. The molecule has 0 bridgehead atoms. The Labute approximate surface area is 91.4 Å². The van der Waals surface area contributed by atoms with Gasteiger partial charge in [-0.1, -0.05) is 0 Å². The van der Waals surface area contributed by atoms with Crippen LogP contribution in [0.1, 0.15) is 17.7 Å². The third kappa shape index (κ3) is 2.25. The maximum Gasteiger partial charge on any atom is 0.283 e. The molecule has 0 aliphatic carbocycles. The van der Waals surface area contributed by atoms with Gasteiger partial charge in [0.05, 0.1) is 5.88 Å². The Kier molecular flexibility index (Phi) is 3.78. The van der Waals surface area contributed by atoms with E-state index in [1.165, 1.54) is 6.20 Å². The number of hydrogen-bond donors (Lipinski definition) is 0. The predicted octanol–water partition coefficient (Wildman–Crippen LogP) is 3.50. The molecule has 0 fully saturated rings. The van der Waals surface area contributed by atoms with Gasteiger partial charge in [-0.3, -0.25) is 4.98 Å². The molecule has 0 aromatic carbocycles. The Morgan fingerprint density at radius 1 is 1.54 bits per heavy atom. The standard InChI is InChI=1S/C7H4ClF3IN/c8-1-3-4(12)2-13-6(5(3)9)7(10)11/h2,7H,1H2. The second-order valence-corrected chi connectivity index (χ2v) is 3.65. The summed E-state index contributed by atoms with van der Waals surface area (Å²) in [5.41, 5.74) is -0.761. The summed E-state index contributed by atoms with van der Waals surface area (Å²) in [7, 11) is 0. The van der Waals surface area contributed by atoms with Crippen molar-refractivity contribution in [2.24, 2.45) is 0 Å². The van der Waals surface area contributed by atoms with Crippen LogP contribution in [0.3, 0.4) is 0 Å². The number of hydrogen-bond acceptors (Lipinski definition) is 1. The minimum absolute atomic E-state index is 0.0765. The molecule has 0 N–H and O–H groups in total. The maximum atomic E-state index is 13.2. The molecule has 72 valence electrons. The van der Waals surface area contributed by atoms with E-state index in [9.17, 15) is 13.2 Å². The van der Waals surface area contributed by atoms with Crippen molar-refractivity contribution < 1.29 is 13.2 Å². The van der Waals surface area contributed by atoms with E-state index in [-0.39, 0.29) is 11.4 Å². The number of nitrogens with zero attached hydrogens (tertiary/aromatic N) is 1. The number of halogens is 5. The molecule has 1 aromatic heterocycles. The lowest BCUT2D eigenvalue weighted by molar-refractivity contribution is 0.140. The second kappa shape index (κ2) is 4.45. The zero-order chi connectivity index (χ0) is 10.0. The zero-order valence-corrected chi connectivity index (χ0v) is 9.11. The van der Waals surface area contributed by atoms with Crippen molar-refractivity contribution in [3.63, 3.8) is 0 Å². The van der Waals surface area contributed by atoms with Gasteiger partial charge in [0.1, 0.15) is 5.69 Å². The fourth-order valence-electron chi connectivity index (χ4n) is 0.795. The molecule has 0 aliphatic heterocycles. The van der Waals surface area contributed by atoms with E-state index in [2.05, 4.69) is 4.98 Å². The minimum atomic E-state index is -2.90. The third-order valence-electron chi connectivity index (χ3n) is 1.44. The van der Waals surface area contributed by atoms with Crippen molar-refractivity contribution in [3.05, 3.63) is 26.8 Å². The van der Waals surface area contributed by atoms with Crippen LogP contribution in [0, 0.1) is 9.39 Å². The minimum Gasteiger partial charge on any atom is -0.251 e. The summed E-state index contributed by atoms with van der Waals surface area (Å²) in [6, 6.07) is 0. The van der Waals surface area contributed by atoms with Crippen molar-refractivity contribution in [1.29, 1.82) is 0 Å². The zero-order valence-electron chi connectivity index (χ0n) is 6.20. The highest BCUT2D eigenvalue weighted by Gasteiger charge is 2.19. The number of pyridine rings is 1. The van der Waals surface area contributed by atoms with Gasteiger partial charge in [0.25, 0.3) is 6.43 Å². The second-order valence-electron chi connectivity index (χ2n) is 2.22. The van der Waals surface area contributed by atoms with Crippen molar-refractivity contribution in [2.75, 3.05) is 0 Å². The monoisotopic (exact) mass is 321 g/mol. The van der Waals surface area contributed by atoms with Crippen LogP contribution in [-0.2, 0) is 5.88 Å². The van der Waals surface area contributed by atoms with Crippen LogP contribution < -0.4 is 0 Å². The smallest absolute Gasteiger partial charge is 0.251 e. The highest BCUT2D eigenvalue weighted by molar-refractivity contribution is 14.1. The van der Waals surface area contributed by atoms with Crippen molar-refractivity contribution in [3.8, 4) is 0 Å². The summed E-state index contributed by atoms with van der Waals surface area (Å²) in [6.07, 6.45) is -1.72. The number of rotatable bonds is 2. The first kappa shape index (κ1) is 11.0. The topological polar surface area (TPSA) is 12.9 Å². The molecule has 1 nitrogen and oxygen atoms in total. The predicted molar refractivity (Wildman–Crippen MR) is 51.4 cm³/mol. The molecule has 1 aromatic rings. The maximum absolute atomic E-state index is 13.2. The number of aromatic nitrogens is 1. The van der Waals surface area contributed by atoms with Gasteiger partial charge in [0, 0.05) is 15.3 Å². The quantitative estimate of drug-likeness (QED) is 0.600. The van der Waals surface area contributed by atoms with E-state index in [4.69, 9.17) is 11.6 Å². The van der Waals surface area contributed by atoms with E-state index >= 15 is 0 Å². The van der Waals surface area contributed by atoms with E-state index in [0.717, 1.165) is 0 Å². The molecule has 13 heavy (non-hydrogen) atoms. The van der Waals surface area contributed by atoms with Crippen LogP contribution in [0.5, 0.6) is 0 Å². The van der Waals surface area contributed by atoms with Gasteiger partial charge in [-0.25, -0.2) is 13.2 Å². The molecule has 0 unspecified atom stereocenters. The van der Waals surface area contributed by atoms with Gasteiger partial charge in [0.15, 0.2) is 5.82 Å². The molecule has 1 heterocycles. The first-order valence-electron chi connectivity index (χ1n) is 3.24. The normalized spacial score (nSPS) is 10.9. The molecule has 0 aliphatic rings. The molecule has 6 heteroatoms. The lowest BCUT2D eigenvalue weighted by atomic mass is 10.2. The van der Waals surface area contributed by atoms with Crippen LogP contribution in [-0.4, -0.2) is 4.98 Å². The largest absolute Gasteiger partial charge is 0.283 e. The Morgan fingerprint density at radius 3 is 2.62 bits per heavy atom. The summed E-state index contributed by atoms with van der Waals surface area (Å²) in [6.45, 7) is 0. The summed E-state index contributed by atoms with van der Waals surface area (Å²) in [5, 5.41) is 0. The van der Waals surface area contributed by atoms with Gasteiger partial charge in [-0.05, 0) is 22.6 Å². The Bertz CT molecular complexity index is 319. The molecule has 0 amide bonds. The average molecular weight is 321 g/mol. The molecular weight excluding hydrogens is 317 g/mol. The highest BCUT2D eigenvalue weighted by atomic mass is 127.